The largest absolute Gasteiger partial charge is 0.380 e. The lowest BCUT2D eigenvalue weighted by atomic mass is 10.3. The molecule has 3 nitrogen and oxygen atoms in total. The third-order valence-electron chi connectivity index (χ3n) is 1.88. The van der Waals surface area contributed by atoms with E-state index in [0.717, 1.165) is 26.1 Å². The lowest BCUT2D eigenvalue weighted by Crippen LogP contribution is -2.32. The maximum atomic E-state index is 11.2. The van der Waals surface area contributed by atoms with E-state index in [1.165, 1.54) is 0 Å². The van der Waals surface area contributed by atoms with Gasteiger partial charge in [-0.05, 0) is 6.42 Å². The predicted molar refractivity (Wildman–Crippen MR) is 42.3 cm³/mol. The highest BCUT2D eigenvalue weighted by molar-refractivity contribution is 5.75. The van der Waals surface area contributed by atoms with E-state index in [-0.39, 0.29) is 5.91 Å². The van der Waals surface area contributed by atoms with E-state index in [9.17, 15) is 4.79 Å². The van der Waals surface area contributed by atoms with Crippen LogP contribution in [0.2, 0.25) is 0 Å². The summed E-state index contributed by atoms with van der Waals surface area (Å²) in [7, 11) is 0. The second-order valence-electron chi connectivity index (χ2n) is 2.70. The molecule has 1 amide bonds. The molecule has 1 aliphatic heterocycles. The van der Waals surface area contributed by atoms with Gasteiger partial charge in [-0.3, -0.25) is 4.79 Å². The van der Waals surface area contributed by atoms with Crippen LogP contribution in [-0.4, -0.2) is 37.1 Å². The topological polar surface area (TPSA) is 29.5 Å². The summed E-state index contributed by atoms with van der Waals surface area (Å²) in [6, 6.07) is 0. The maximum absolute atomic E-state index is 11.2. The second-order valence-corrected chi connectivity index (χ2v) is 2.70. The van der Waals surface area contributed by atoms with E-state index < -0.39 is 0 Å². The van der Waals surface area contributed by atoms with Crippen LogP contribution in [0.25, 0.3) is 0 Å². The minimum atomic E-state index is 0.246. The van der Waals surface area contributed by atoms with Crippen LogP contribution >= 0.6 is 0 Å². The maximum Gasteiger partial charge on any atom is 0.222 e. The highest BCUT2D eigenvalue weighted by Crippen LogP contribution is 2.00. The average Bonchev–Trinajstić information content (AvgIpc) is 2.30. The van der Waals surface area contributed by atoms with E-state index in [0.29, 0.717) is 13.0 Å². The van der Waals surface area contributed by atoms with Crippen LogP contribution in [0, 0.1) is 0 Å². The van der Waals surface area contributed by atoms with Crippen LogP contribution < -0.4 is 0 Å². The van der Waals surface area contributed by atoms with Crippen LogP contribution in [0.15, 0.2) is 0 Å². The minimum Gasteiger partial charge on any atom is -0.380 e. The van der Waals surface area contributed by atoms with E-state index in [4.69, 9.17) is 4.74 Å². The van der Waals surface area contributed by atoms with Crippen molar-refractivity contribution in [3.63, 3.8) is 0 Å². The molecular formula is C8H15NO2. The summed E-state index contributed by atoms with van der Waals surface area (Å²) in [5, 5.41) is 0. The Labute approximate surface area is 67.3 Å². The average molecular weight is 157 g/mol. The molecule has 0 unspecified atom stereocenters. The zero-order valence-electron chi connectivity index (χ0n) is 7.01. The van der Waals surface area contributed by atoms with Gasteiger partial charge in [-0.2, -0.15) is 0 Å². The number of rotatable bonds is 1. The van der Waals surface area contributed by atoms with Gasteiger partial charge in [0.15, 0.2) is 0 Å². The van der Waals surface area contributed by atoms with Gasteiger partial charge in [0, 0.05) is 26.1 Å². The molecule has 0 aromatic heterocycles. The predicted octanol–water partition coefficient (Wildman–Crippen LogP) is 0.645. The van der Waals surface area contributed by atoms with Gasteiger partial charge >= 0.3 is 0 Å². The Morgan fingerprint density at radius 2 is 2.27 bits per heavy atom. The van der Waals surface area contributed by atoms with Crippen molar-refractivity contribution in [3.8, 4) is 0 Å². The first-order valence-corrected chi connectivity index (χ1v) is 4.20. The van der Waals surface area contributed by atoms with Crippen molar-refractivity contribution in [1.82, 2.24) is 4.90 Å². The van der Waals surface area contributed by atoms with Crippen molar-refractivity contribution in [2.75, 3.05) is 26.3 Å². The Balaban J connectivity index is 2.36. The Morgan fingerprint density at radius 3 is 3.00 bits per heavy atom. The van der Waals surface area contributed by atoms with Crippen molar-refractivity contribution in [3.05, 3.63) is 0 Å². The third kappa shape index (κ3) is 2.50. The van der Waals surface area contributed by atoms with Crippen LogP contribution in [0.1, 0.15) is 19.8 Å². The van der Waals surface area contributed by atoms with Crippen molar-refractivity contribution >= 4 is 5.91 Å². The lowest BCUT2D eigenvalue weighted by molar-refractivity contribution is -0.130. The number of hydrogen-bond acceptors (Lipinski definition) is 2. The van der Waals surface area contributed by atoms with E-state index >= 15 is 0 Å². The summed E-state index contributed by atoms with van der Waals surface area (Å²) in [4.78, 5) is 13.1. The Kier molecular flexibility index (Phi) is 3.36. The minimum absolute atomic E-state index is 0.246. The van der Waals surface area contributed by atoms with Crippen LogP contribution in [0.5, 0.6) is 0 Å². The molecular weight excluding hydrogens is 142 g/mol. The smallest absolute Gasteiger partial charge is 0.222 e. The molecule has 3 heteroatoms. The van der Waals surface area contributed by atoms with E-state index in [1.807, 2.05) is 11.8 Å². The van der Waals surface area contributed by atoms with Crippen molar-refractivity contribution < 1.29 is 9.53 Å². The summed E-state index contributed by atoms with van der Waals surface area (Å²) >= 11 is 0. The fraction of sp³-hybridized carbons (Fsp3) is 0.875. The zero-order chi connectivity index (χ0) is 8.10. The summed E-state index contributed by atoms with van der Waals surface area (Å²) in [6.45, 7) is 5.03. The molecule has 0 spiro atoms. The SMILES string of the molecule is CCC(=O)N1CCCOCC1. The fourth-order valence-electron chi connectivity index (χ4n) is 1.22. The Hall–Kier alpha value is -0.570. The Morgan fingerprint density at radius 1 is 1.45 bits per heavy atom. The fourth-order valence-corrected chi connectivity index (χ4v) is 1.22. The Bertz CT molecular complexity index is 128. The van der Waals surface area contributed by atoms with Gasteiger partial charge in [-0.25, -0.2) is 0 Å². The van der Waals surface area contributed by atoms with Crippen LogP contribution in [0.4, 0.5) is 0 Å². The van der Waals surface area contributed by atoms with E-state index in [1.54, 1.807) is 0 Å². The van der Waals surface area contributed by atoms with Gasteiger partial charge in [0.05, 0.1) is 6.61 Å². The van der Waals surface area contributed by atoms with Gasteiger partial charge in [-0.15, -0.1) is 0 Å². The number of nitrogens with zero attached hydrogens (tertiary/aromatic N) is 1. The molecule has 0 aromatic rings. The van der Waals surface area contributed by atoms with E-state index in [2.05, 4.69) is 0 Å². The monoisotopic (exact) mass is 157 g/mol. The van der Waals surface area contributed by atoms with Crippen LogP contribution in [-0.2, 0) is 9.53 Å². The molecule has 0 aliphatic carbocycles. The lowest BCUT2D eigenvalue weighted by Gasteiger charge is -2.18. The quantitative estimate of drug-likeness (QED) is 0.559. The van der Waals surface area contributed by atoms with Gasteiger partial charge in [-0.1, -0.05) is 6.92 Å². The second kappa shape index (κ2) is 4.34. The van der Waals surface area contributed by atoms with Gasteiger partial charge < -0.3 is 9.64 Å². The highest BCUT2D eigenvalue weighted by Gasteiger charge is 2.12. The van der Waals surface area contributed by atoms with Crippen molar-refractivity contribution in [2.45, 2.75) is 19.8 Å². The summed E-state index contributed by atoms with van der Waals surface area (Å²) < 4.78 is 5.23. The standard InChI is InChI=1S/C8H15NO2/c1-2-8(10)9-4-3-6-11-7-5-9/h2-7H2,1H3. The first-order chi connectivity index (χ1) is 5.34. The molecule has 0 saturated carbocycles. The van der Waals surface area contributed by atoms with Gasteiger partial charge in [0.1, 0.15) is 0 Å². The molecule has 0 atom stereocenters. The molecule has 11 heavy (non-hydrogen) atoms. The molecule has 0 aromatic carbocycles. The number of carbonyl (C=O) groups is 1. The van der Waals surface area contributed by atoms with Crippen LogP contribution in [0.3, 0.4) is 0 Å². The first-order valence-electron chi connectivity index (χ1n) is 4.20. The molecule has 1 fully saturated rings. The molecule has 1 aliphatic rings. The summed E-state index contributed by atoms with van der Waals surface area (Å²) in [5.74, 6) is 0.246. The third-order valence-corrected chi connectivity index (χ3v) is 1.88. The van der Waals surface area contributed by atoms with Gasteiger partial charge in [0.25, 0.3) is 0 Å². The molecule has 1 saturated heterocycles. The summed E-state index contributed by atoms with van der Waals surface area (Å²) in [6.07, 6.45) is 1.59. The first kappa shape index (κ1) is 8.53. The number of ether oxygens (including phenoxy) is 1. The molecule has 1 heterocycles. The van der Waals surface area contributed by atoms with Crippen molar-refractivity contribution in [2.24, 2.45) is 0 Å². The molecule has 64 valence electrons. The molecule has 0 N–H and O–H groups in total. The molecule has 0 bridgehead atoms. The number of carbonyl (C=O) groups excluding carboxylic acids is 1. The summed E-state index contributed by atoms with van der Waals surface area (Å²) in [5.41, 5.74) is 0. The van der Waals surface area contributed by atoms with Crippen molar-refractivity contribution in [1.29, 1.82) is 0 Å². The number of amides is 1. The van der Waals surface area contributed by atoms with Gasteiger partial charge in [0.2, 0.25) is 5.91 Å². The highest BCUT2D eigenvalue weighted by atomic mass is 16.5. The normalized spacial score (nSPS) is 19.5. The number of hydrogen-bond donors (Lipinski definition) is 0. The zero-order valence-corrected chi connectivity index (χ0v) is 7.01. The molecule has 0 radical (unpaired) electrons. The molecule has 1 rings (SSSR count).